The van der Waals surface area contributed by atoms with E-state index in [-0.39, 0.29) is 25.1 Å². The van der Waals surface area contributed by atoms with Crippen LogP contribution in [0.15, 0.2) is 29.2 Å². The second-order valence-corrected chi connectivity index (χ2v) is 9.84. The molecule has 0 saturated carbocycles. The van der Waals surface area contributed by atoms with E-state index in [1.807, 2.05) is 27.7 Å². The Hall–Kier alpha value is -3.32. The van der Waals surface area contributed by atoms with E-state index in [2.05, 4.69) is 5.32 Å². The number of carbonyl (C=O) groups excluding carboxylic acids is 2. The van der Waals surface area contributed by atoms with Crippen LogP contribution in [0, 0.1) is 11.6 Å². The number of aromatic nitrogens is 1. The van der Waals surface area contributed by atoms with Crippen molar-refractivity contribution in [2.75, 3.05) is 38.5 Å². The molecule has 0 radical (unpaired) electrons. The molecule has 15 heteroatoms. The monoisotopic (exact) mass is 590 g/mol. The molecule has 40 heavy (non-hydrogen) atoms. The minimum absolute atomic E-state index is 0.0632. The molecule has 0 bridgehead atoms. The van der Waals surface area contributed by atoms with E-state index in [0.717, 1.165) is 23.0 Å². The average molecular weight is 591 g/mol. The van der Waals surface area contributed by atoms with E-state index < -0.39 is 72.4 Å². The number of amides is 2. The molecule has 2 heterocycles. The van der Waals surface area contributed by atoms with Gasteiger partial charge < -0.3 is 29.8 Å². The number of pyridine rings is 1. The van der Waals surface area contributed by atoms with Crippen LogP contribution in [-0.4, -0.2) is 75.9 Å². The number of fused-ring (bicyclic) bond motifs is 1. The number of aromatic hydroxyl groups is 1. The first kappa shape index (κ1) is 34.7. The van der Waals surface area contributed by atoms with Crippen molar-refractivity contribution in [3.8, 4) is 5.75 Å². The molecule has 12 nitrogen and oxygen atoms in total. The lowest BCUT2D eigenvalue weighted by Crippen LogP contribution is -2.61. The number of methoxy groups -OCH3 is 1. The van der Waals surface area contributed by atoms with Crippen LogP contribution in [0.3, 0.4) is 0 Å². The van der Waals surface area contributed by atoms with Gasteiger partial charge in [-0.3, -0.25) is 28.6 Å². The number of halogens is 2. The summed E-state index contributed by atoms with van der Waals surface area (Å²) in [6.45, 7) is 7.44. The maximum Gasteiger partial charge on any atom is 0.327 e. The van der Waals surface area contributed by atoms with Crippen LogP contribution >= 0.6 is 7.60 Å². The summed E-state index contributed by atoms with van der Waals surface area (Å²) in [5.74, 6) is -4.56. The molecule has 224 valence electrons. The molecule has 0 saturated heterocycles. The van der Waals surface area contributed by atoms with Crippen molar-refractivity contribution in [3.63, 3.8) is 0 Å². The van der Waals surface area contributed by atoms with Gasteiger partial charge in [0.2, 0.25) is 5.43 Å². The number of hydrogen-bond acceptors (Lipinski definition) is 7. The molecule has 1 atom stereocenters. The molecule has 1 aliphatic heterocycles. The summed E-state index contributed by atoms with van der Waals surface area (Å²) in [6, 6.07) is 2.73. The molecule has 1 aromatic heterocycles. The van der Waals surface area contributed by atoms with Gasteiger partial charge in [-0.1, -0.05) is 33.8 Å². The predicted molar refractivity (Wildman–Crippen MR) is 145 cm³/mol. The lowest BCUT2D eigenvalue weighted by Gasteiger charge is -2.45. The Kier molecular flexibility index (Phi) is 13.4. The highest BCUT2D eigenvalue weighted by Gasteiger charge is 2.39. The Morgan fingerprint density at radius 3 is 2.33 bits per heavy atom. The third-order valence-electron chi connectivity index (χ3n) is 5.65. The van der Waals surface area contributed by atoms with Crippen molar-refractivity contribution in [2.45, 2.75) is 46.8 Å². The molecule has 0 fully saturated rings. The van der Waals surface area contributed by atoms with E-state index in [4.69, 9.17) is 4.74 Å². The fourth-order valence-corrected chi connectivity index (χ4v) is 4.26. The number of nitrogens with zero attached hydrogens (tertiary/aromatic N) is 3. The first-order chi connectivity index (χ1) is 18.9. The maximum absolute atomic E-state index is 13.9. The van der Waals surface area contributed by atoms with Gasteiger partial charge in [0.05, 0.1) is 6.16 Å². The average Bonchev–Trinajstić information content (AvgIpc) is 2.92. The third-order valence-corrected chi connectivity index (χ3v) is 6.44. The van der Waals surface area contributed by atoms with Crippen molar-refractivity contribution in [2.24, 2.45) is 0 Å². The van der Waals surface area contributed by atoms with Gasteiger partial charge in [0, 0.05) is 58.1 Å². The minimum Gasteiger partial charge on any atom is -0.502 e. The smallest absolute Gasteiger partial charge is 0.327 e. The maximum atomic E-state index is 13.9. The largest absolute Gasteiger partial charge is 0.502 e. The summed E-state index contributed by atoms with van der Waals surface area (Å²) in [7, 11) is -1.68. The van der Waals surface area contributed by atoms with Crippen molar-refractivity contribution in [3.05, 3.63) is 63.1 Å². The van der Waals surface area contributed by atoms with Gasteiger partial charge in [0.15, 0.2) is 11.4 Å². The SMILES string of the molecule is CC.CC.COCCC1N(C)C(=O)c2c(O)c(=O)c(C(=O)NCc3ccc(F)cc3F)cn2N1CCP(=O)(O)O. The van der Waals surface area contributed by atoms with E-state index in [0.29, 0.717) is 6.07 Å². The normalized spacial score (nSPS) is 14.4. The molecule has 1 aromatic carbocycles. The minimum atomic E-state index is -4.49. The summed E-state index contributed by atoms with van der Waals surface area (Å²) in [4.78, 5) is 58.5. The molecular weight excluding hydrogens is 553 g/mol. The van der Waals surface area contributed by atoms with Crippen LogP contribution < -0.4 is 15.8 Å². The molecule has 2 amide bonds. The Morgan fingerprint density at radius 1 is 1.15 bits per heavy atom. The standard InChI is InChI=1S/C21H25F2N4O8P.2C2H6/c1-25-16(5-7-35-2)26(6-8-36(32,33)34)27-11-14(18(28)19(29)17(27)21(25)31)20(30)24-10-12-3-4-13(22)9-15(12)23;2*1-2/h3-4,9,11,16,29H,5-8,10H2,1-2H3,(H,24,30)(H2,32,33,34);2*1-2H3. The quantitative estimate of drug-likeness (QED) is 0.321. The van der Waals surface area contributed by atoms with Crippen LogP contribution in [-0.2, 0) is 15.8 Å². The summed E-state index contributed by atoms with van der Waals surface area (Å²) in [5.41, 5.74) is -2.34. The number of nitrogens with one attached hydrogen (secondary N) is 1. The summed E-state index contributed by atoms with van der Waals surface area (Å²) in [5, 5.41) is 14.2. The fraction of sp³-hybridized carbons (Fsp3) is 0.480. The molecule has 2 aromatic rings. The number of benzene rings is 1. The van der Waals surface area contributed by atoms with Gasteiger partial charge in [-0.25, -0.2) is 8.78 Å². The number of rotatable bonds is 9. The highest BCUT2D eigenvalue weighted by molar-refractivity contribution is 7.51. The molecule has 1 unspecified atom stereocenters. The summed E-state index contributed by atoms with van der Waals surface area (Å²) in [6.07, 6.45) is -0.269. The van der Waals surface area contributed by atoms with Crippen LogP contribution in [0.1, 0.15) is 60.5 Å². The number of ether oxygens (including phenoxy) is 1. The van der Waals surface area contributed by atoms with Crippen molar-refractivity contribution >= 4 is 19.4 Å². The highest BCUT2D eigenvalue weighted by Crippen LogP contribution is 2.35. The molecule has 1 aliphatic rings. The zero-order valence-electron chi connectivity index (χ0n) is 23.3. The van der Waals surface area contributed by atoms with Crippen molar-refractivity contribution in [1.82, 2.24) is 14.9 Å². The van der Waals surface area contributed by atoms with Crippen LogP contribution in [0.2, 0.25) is 0 Å². The number of hydrogen-bond donors (Lipinski definition) is 4. The lowest BCUT2D eigenvalue weighted by molar-refractivity contribution is 0.0576. The fourth-order valence-electron chi connectivity index (χ4n) is 3.79. The highest BCUT2D eigenvalue weighted by atomic mass is 31.2. The van der Waals surface area contributed by atoms with Crippen molar-refractivity contribution in [1.29, 1.82) is 0 Å². The molecular formula is C25H37F2N4O8P. The number of carbonyl (C=O) groups is 2. The van der Waals surface area contributed by atoms with E-state index in [1.54, 1.807) is 0 Å². The van der Waals surface area contributed by atoms with Crippen molar-refractivity contribution < 1.29 is 42.6 Å². The molecule has 0 aliphatic carbocycles. The first-order valence-corrected chi connectivity index (χ1v) is 14.4. The van der Waals surface area contributed by atoms with Crippen LogP contribution in [0.4, 0.5) is 8.78 Å². The van der Waals surface area contributed by atoms with Gasteiger partial charge in [0.1, 0.15) is 23.4 Å². The summed E-state index contributed by atoms with van der Waals surface area (Å²) >= 11 is 0. The Morgan fingerprint density at radius 2 is 1.77 bits per heavy atom. The van der Waals surface area contributed by atoms with Crippen LogP contribution in [0.25, 0.3) is 0 Å². The molecule has 4 N–H and O–H groups in total. The van der Waals surface area contributed by atoms with Gasteiger partial charge >= 0.3 is 7.60 Å². The summed E-state index contributed by atoms with van der Waals surface area (Å²) < 4.78 is 44.7. The topological polar surface area (TPSA) is 162 Å². The molecule has 0 spiro atoms. The van der Waals surface area contributed by atoms with Gasteiger partial charge in [-0.2, -0.15) is 0 Å². The van der Waals surface area contributed by atoms with E-state index in [9.17, 15) is 42.6 Å². The predicted octanol–water partition coefficient (Wildman–Crippen LogP) is 2.38. The van der Waals surface area contributed by atoms with Gasteiger partial charge in [-0.15, -0.1) is 0 Å². The van der Waals surface area contributed by atoms with Gasteiger partial charge in [0.25, 0.3) is 11.8 Å². The van der Waals surface area contributed by atoms with E-state index in [1.165, 1.54) is 24.1 Å². The second-order valence-electron chi connectivity index (χ2n) is 8.06. The van der Waals surface area contributed by atoms with Crippen LogP contribution in [0.5, 0.6) is 5.75 Å². The third kappa shape index (κ3) is 8.34. The van der Waals surface area contributed by atoms with E-state index >= 15 is 0 Å². The zero-order valence-corrected chi connectivity index (χ0v) is 24.2. The Bertz CT molecular complexity index is 1280. The first-order valence-electron chi connectivity index (χ1n) is 12.6. The Labute approximate surface area is 231 Å². The molecule has 3 rings (SSSR count). The van der Waals surface area contributed by atoms with Gasteiger partial charge in [-0.05, 0) is 6.07 Å². The second kappa shape index (κ2) is 15.5. The zero-order chi connectivity index (χ0) is 30.8. The Balaban J connectivity index is 0.00000191. The lowest BCUT2D eigenvalue weighted by atomic mass is 10.1.